The first kappa shape index (κ1) is 19.1. The standard InChI is InChI=1S/C20H22F3N3O/c21-20(22,23)15-8-2-3-9-16(15)25-19(27)14-24-17-10-4-5-11-18(17)26-12-6-1-7-13-26/h2-5,8-11,24H,1,6-7,12-14H2,(H,25,27). The van der Waals surface area contributed by atoms with Crippen molar-refractivity contribution in [3.05, 3.63) is 54.1 Å². The number of benzene rings is 2. The number of nitrogens with zero attached hydrogens (tertiary/aromatic N) is 1. The number of amides is 1. The minimum absolute atomic E-state index is 0.114. The minimum atomic E-state index is -4.52. The first-order chi connectivity index (χ1) is 12.9. The van der Waals surface area contributed by atoms with Gasteiger partial charge in [-0.25, -0.2) is 0 Å². The van der Waals surface area contributed by atoms with Crippen LogP contribution in [0.25, 0.3) is 0 Å². The molecule has 0 spiro atoms. The third-order valence-electron chi connectivity index (χ3n) is 4.55. The van der Waals surface area contributed by atoms with Crippen LogP contribution in [0.3, 0.4) is 0 Å². The summed E-state index contributed by atoms with van der Waals surface area (Å²) in [6.45, 7) is 1.81. The number of halogens is 3. The number of carbonyl (C=O) groups is 1. The lowest BCUT2D eigenvalue weighted by atomic mass is 10.1. The van der Waals surface area contributed by atoms with Gasteiger partial charge in [0, 0.05) is 13.1 Å². The molecule has 3 rings (SSSR count). The van der Waals surface area contributed by atoms with E-state index in [0.29, 0.717) is 0 Å². The van der Waals surface area contributed by atoms with Crippen molar-refractivity contribution in [2.45, 2.75) is 25.4 Å². The minimum Gasteiger partial charge on any atom is -0.374 e. The number of nitrogens with one attached hydrogen (secondary N) is 2. The van der Waals surface area contributed by atoms with Crippen LogP contribution >= 0.6 is 0 Å². The summed E-state index contributed by atoms with van der Waals surface area (Å²) in [5.41, 5.74) is 0.729. The number of anilines is 3. The van der Waals surface area contributed by atoms with Crippen molar-refractivity contribution in [1.82, 2.24) is 0 Å². The number of hydrogen-bond acceptors (Lipinski definition) is 3. The molecule has 0 saturated carbocycles. The topological polar surface area (TPSA) is 44.4 Å². The molecule has 1 saturated heterocycles. The molecule has 0 aromatic heterocycles. The Bertz CT molecular complexity index is 786. The molecule has 0 bridgehead atoms. The molecule has 4 nitrogen and oxygen atoms in total. The summed E-state index contributed by atoms with van der Waals surface area (Å²) in [5.74, 6) is -0.528. The van der Waals surface area contributed by atoms with Crippen LogP contribution in [0.4, 0.5) is 30.2 Å². The number of piperidine rings is 1. The Morgan fingerprint density at radius 2 is 1.56 bits per heavy atom. The van der Waals surface area contributed by atoms with E-state index in [4.69, 9.17) is 0 Å². The molecule has 0 unspecified atom stereocenters. The van der Waals surface area contributed by atoms with Gasteiger partial charge < -0.3 is 15.5 Å². The van der Waals surface area contributed by atoms with Crippen molar-refractivity contribution < 1.29 is 18.0 Å². The molecule has 1 fully saturated rings. The van der Waals surface area contributed by atoms with E-state index in [2.05, 4.69) is 15.5 Å². The molecule has 1 amide bonds. The zero-order valence-electron chi connectivity index (χ0n) is 14.9. The van der Waals surface area contributed by atoms with Crippen molar-refractivity contribution in [3.8, 4) is 0 Å². The summed E-state index contributed by atoms with van der Waals surface area (Å²) >= 11 is 0. The van der Waals surface area contributed by atoms with Crippen molar-refractivity contribution in [3.63, 3.8) is 0 Å². The summed E-state index contributed by atoms with van der Waals surface area (Å²) in [6, 6.07) is 12.6. The summed E-state index contributed by atoms with van der Waals surface area (Å²) in [6.07, 6.45) is -1.04. The lowest BCUT2D eigenvalue weighted by Crippen LogP contribution is -2.30. The van der Waals surface area contributed by atoms with E-state index in [9.17, 15) is 18.0 Å². The number of rotatable bonds is 5. The average Bonchev–Trinajstić information content (AvgIpc) is 2.67. The normalized spacial score (nSPS) is 14.7. The first-order valence-corrected chi connectivity index (χ1v) is 8.99. The van der Waals surface area contributed by atoms with E-state index in [1.54, 1.807) is 0 Å². The van der Waals surface area contributed by atoms with Crippen molar-refractivity contribution in [2.24, 2.45) is 0 Å². The van der Waals surface area contributed by atoms with E-state index in [1.165, 1.54) is 24.6 Å². The first-order valence-electron chi connectivity index (χ1n) is 8.99. The molecule has 2 N–H and O–H groups in total. The lowest BCUT2D eigenvalue weighted by Gasteiger charge is -2.30. The van der Waals surface area contributed by atoms with E-state index in [0.717, 1.165) is 43.4 Å². The molecule has 0 aliphatic carbocycles. The highest BCUT2D eigenvalue weighted by atomic mass is 19.4. The highest BCUT2D eigenvalue weighted by Crippen LogP contribution is 2.34. The van der Waals surface area contributed by atoms with Crippen LogP contribution in [0, 0.1) is 0 Å². The van der Waals surface area contributed by atoms with Gasteiger partial charge in [-0.15, -0.1) is 0 Å². The lowest BCUT2D eigenvalue weighted by molar-refractivity contribution is -0.137. The molecule has 2 aromatic carbocycles. The van der Waals surface area contributed by atoms with E-state index < -0.39 is 17.6 Å². The smallest absolute Gasteiger partial charge is 0.374 e. The van der Waals surface area contributed by atoms with Crippen LogP contribution in [-0.4, -0.2) is 25.5 Å². The number of para-hydroxylation sites is 3. The Kier molecular flexibility index (Phi) is 5.88. The quantitative estimate of drug-likeness (QED) is 0.791. The summed E-state index contributed by atoms with van der Waals surface area (Å²) in [5, 5.41) is 5.41. The predicted molar refractivity (Wildman–Crippen MR) is 101 cm³/mol. The average molecular weight is 377 g/mol. The molecule has 2 aromatic rings. The molecular weight excluding hydrogens is 355 g/mol. The van der Waals surface area contributed by atoms with Gasteiger partial charge in [-0.05, 0) is 43.5 Å². The van der Waals surface area contributed by atoms with Crippen LogP contribution in [0.15, 0.2) is 48.5 Å². The maximum atomic E-state index is 13.0. The number of alkyl halides is 3. The molecule has 0 atom stereocenters. The van der Waals surface area contributed by atoms with Crippen LogP contribution < -0.4 is 15.5 Å². The van der Waals surface area contributed by atoms with E-state index in [-0.39, 0.29) is 12.2 Å². The zero-order valence-corrected chi connectivity index (χ0v) is 14.9. The second-order valence-electron chi connectivity index (χ2n) is 6.51. The number of carbonyl (C=O) groups excluding carboxylic acids is 1. The van der Waals surface area contributed by atoms with E-state index in [1.807, 2.05) is 24.3 Å². The van der Waals surface area contributed by atoms with Gasteiger partial charge in [-0.1, -0.05) is 24.3 Å². The Hall–Kier alpha value is -2.70. The summed E-state index contributed by atoms with van der Waals surface area (Å²) in [7, 11) is 0. The van der Waals surface area contributed by atoms with Gasteiger partial charge in [0.1, 0.15) is 0 Å². The fraction of sp³-hybridized carbons (Fsp3) is 0.350. The maximum Gasteiger partial charge on any atom is 0.418 e. The highest BCUT2D eigenvalue weighted by molar-refractivity contribution is 5.95. The Morgan fingerprint density at radius 1 is 0.926 bits per heavy atom. The molecule has 7 heteroatoms. The van der Waals surface area contributed by atoms with Gasteiger partial charge in [0.2, 0.25) is 5.91 Å². The highest BCUT2D eigenvalue weighted by Gasteiger charge is 2.33. The van der Waals surface area contributed by atoms with Crippen LogP contribution in [0.5, 0.6) is 0 Å². The Balaban J connectivity index is 1.65. The SMILES string of the molecule is O=C(CNc1ccccc1N1CCCCC1)Nc1ccccc1C(F)(F)F. The molecular formula is C20H22F3N3O. The van der Waals surface area contributed by atoms with Crippen LogP contribution in [-0.2, 0) is 11.0 Å². The van der Waals surface area contributed by atoms with Gasteiger partial charge in [-0.3, -0.25) is 4.79 Å². The second kappa shape index (κ2) is 8.33. The predicted octanol–water partition coefficient (Wildman–Crippen LogP) is 4.75. The van der Waals surface area contributed by atoms with Crippen molar-refractivity contribution in [1.29, 1.82) is 0 Å². The molecule has 1 aliphatic rings. The maximum absolute atomic E-state index is 13.0. The van der Waals surface area contributed by atoms with Gasteiger partial charge in [0.05, 0.1) is 29.2 Å². The van der Waals surface area contributed by atoms with Crippen LogP contribution in [0.1, 0.15) is 24.8 Å². The Labute approximate surface area is 156 Å². The third-order valence-corrected chi connectivity index (χ3v) is 4.55. The second-order valence-corrected chi connectivity index (χ2v) is 6.51. The van der Waals surface area contributed by atoms with Crippen LogP contribution in [0.2, 0.25) is 0 Å². The van der Waals surface area contributed by atoms with Gasteiger partial charge in [0.15, 0.2) is 0 Å². The fourth-order valence-corrected chi connectivity index (χ4v) is 3.24. The molecule has 144 valence electrons. The van der Waals surface area contributed by atoms with Crippen molar-refractivity contribution in [2.75, 3.05) is 35.2 Å². The largest absolute Gasteiger partial charge is 0.418 e. The summed E-state index contributed by atoms with van der Waals surface area (Å²) < 4.78 is 39.1. The van der Waals surface area contributed by atoms with Crippen molar-refractivity contribution >= 4 is 23.0 Å². The summed E-state index contributed by atoms with van der Waals surface area (Å²) in [4.78, 5) is 14.5. The Morgan fingerprint density at radius 3 is 2.26 bits per heavy atom. The van der Waals surface area contributed by atoms with Gasteiger partial charge >= 0.3 is 6.18 Å². The molecule has 1 aliphatic heterocycles. The molecule has 1 heterocycles. The van der Waals surface area contributed by atoms with Gasteiger partial charge in [0.25, 0.3) is 0 Å². The monoisotopic (exact) mass is 377 g/mol. The third kappa shape index (κ3) is 4.93. The molecule has 0 radical (unpaired) electrons. The van der Waals surface area contributed by atoms with E-state index >= 15 is 0 Å². The van der Waals surface area contributed by atoms with Gasteiger partial charge in [-0.2, -0.15) is 13.2 Å². The fourth-order valence-electron chi connectivity index (χ4n) is 3.24. The zero-order chi connectivity index (χ0) is 19.3. The molecule has 27 heavy (non-hydrogen) atoms. The number of hydrogen-bond donors (Lipinski definition) is 2.